The molecule has 3 N–H and O–H groups in total. The zero-order valence-electron chi connectivity index (χ0n) is 10.3. The van der Waals surface area contributed by atoms with Crippen LogP contribution < -0.4 is 11.3 Å². The maximum Gasteiger partial charge on any atom is 0.126 e. The summed E-state index contributed by atoms with van der Waals surface area (Å²) in [5.41, 5.74) is 4.14. The van der Waals surface area contributed by atoms with Gasteiger partial charge in [-0.05, 0) is 47.9 Å². The van der Waals surface area contributed by atoms with E-state index in [2.05, 4.69) is 5.43 Å². The van der Waals surface area contributed by atoms with Gasteiger partial charge in [-0.3, -0.25) is 5.84 Å². The molecule has 100 valence electrons. The topological polar surface area (TPSA) is 38.0 Å². The number of rotatable bonds is 3. The summed E-state index contributed by atoms with van der Waals surface area (Å²) in [5, 5.41) is 0. The number of aryl methyl sites for hydroxylation is 1. The molecule has 1 unspecified atom stereocenters. The first-order valence-corrected chi connectivity index (χ1v) is 5.69. The van der Waals surface area contributed by atoms with Gasteiger partial charge in [0.25, 0.3) is 0 Å². The molecule has 0 aromatic heterocycles. The fourth-order valence-corrected chi connectivity index (χ4v) is 2.07. The molecule has 0 bridgehead atoms. The van der Waals surface area contributed by atoms with E-state index in [0.717, 1.165) is 6.07 Å². The maximum absolute atomic E-state index is 13.2. The van der Waals surface area contributed by atoms with Crippen LogP contribution in [0.3, 0.4) is 0 Å². The Morgan fingerprint density at radius 2 is 1.58 bits per heavy atom. The van der Waals surface area contributed by atoms with E-state index in [-0.39, 0.29) is 5.82 Å². The molecule has 2 nitrogen and oxygen atoms in total. The summed E-state index contributed by atoms with van der Waals surface area (Å²) < 4.78 is 39.5. The van der Waals surface area contributed by atoms with Gasteiger partial charge in [-0.2, -0.15) is 0 Å². The van der Waals surface area contributed by atoms with Crippen LogP contribution in [0.15, 0.2) is 36.4 Å². The molecule has 0 aliphatic heterocycles. The van der Waals surface area contributed by atoms with Crippen molar-refractivity contribution in [2.75, 3.05) is 0 Å². The molecule has 2 aromatic carbocycles. The Kier molecular flexibility index (Phi) is 3.87. The fourth-order valence-electron chi connectivity index (χ4n) is 2.07. The van der Waals surface area contributed by atoms with Crippen LogP contribution in [0.1, 0.15) is 22.7 Å². The van der Waals surface area contributed by atoms with Crippen LogP contribution in [0.5, 0.6) is 0 Å². The lowest BCUT2D eigenvalue weighted by Crippen LogP contribution is -2.29. The molecule has 2 rings (SSSR count). The van der Waals surface area contributed by atoms with Crippen molar-refractivity contribution < 1.29 is 13.2 Å². The van der Waals surface area contributed by atoms with Crippen molar-refractivity contribution in [1.82, 2.24) is 5.43 Å². The molecular formula is C14H13F3N2. The first-order chi connectivity index (χ1) is 9.01. The quantitative estimate of drug-likeness (QED) is 0.662. The Morgan fingerprint density at radius 3 is 2.11 bits per heavy atom. The van der Waals surface area contributed by atoms with Crippen molar-refractivity contribution in [1.29, 1.82) is 0 Å². The van der Waals surface area contributed by atoms with Crippen molar-refractivity contribution in [3.63, 3.8) is 0 Å². The highest BCUT2D eigenvalue weighted by Gasteiger charge is 2.16. The highest BCUT2D eigenvalue weighted by Crippen LogP contribution is 2.26. The lowest BCUT2D eigenvalue weighted by Gasteiger charge is -2.19. The summed E-state index contributed by atoms with van der Waals surface area (Å²) in [5.74, 6) is 3.71. The van der Waals surface area contributed by atoms with Gasteiger partial charge in [0.1, 0.15) is 17.5 Å². The summed E-state index contributed by atoms with van der Waals surface area (Å²) in [6.07, 6.45) is 0. The van der Waals surface area contributed by atoms with Gasteiger partial charge < -0.3 is 0 Å². The lowest BCUT2D eigenvalue weighted by atomic mass is 9.95. The minimum Gasteiger partial charge on any atom is -0.271 e. The number of benzene rings is 2. The van der Waals surface area contributed by atoms with E-state index in [4.69, 9.17) is 5.84 Å². The fraction of sp³-hybridized carbons (Fsp3) is 0.143. The summed E-state index contributed by atoms with van der Waals surface area (Å²) in [6.45, 7) is 1.71. The molecule has 0 radical (unpaired) electrons. The van der Waals surface area contributed by atoms with Gasteiger partial charge in [-0.1, -0.05) is 6.07 Å². The van der Waals surface area contributed by atoms with E-state index in [1.54, 1.807) is 6.92 Å². The van der Waals surface area contributed by atoms with E-state index in [0.29, 0.717) is 16.7 Å². The summed E-state index contributed by atoms with van der Waals surface area (Å²) in [4.78, 5) is 0. The van der Waals surface area contributed by atoms with Crippen molar-refractivity contribution in [3.8, 4) is 0 Å². The number of hydrazine groups is 1. The summed E-state index contributed by atoms with van der Waals surface area (Å²) in [7, 11) is 0. The standard InChI is InChI=1S/C14H13F3N2/c1-8-4-10(15)2-3-13(8)14(19-18)9-5-11(16)7-12(17)6-9/h2-7,14,19H,18H2,1H3. The number of halogens is 3. The van der Waals surface area contributed by atoms with E-state index in [1.807, 2.05) is 0 Å². The molecule has 0 aliphatic carbocycles. The summed E-state index contributed by atoms with van der Waals surface area (Å²) in [6, 6.07) is 6.72. The minimum atomic E-state index is -0.685. The van der Waals surface area contributed by atoms with Gasteiger partial charge in [0.05, 0.1) is 6.04 Å². The molecule has 0 saturated heterocycles. The molecular weight excluding hydrogens is 253 g/mol. The van der Waals surface area contributed by atoms with Crippen LogP contribution in [0.25, 0.3) is 0 Å². The Hall–Kier alpha value is -1.85. The first kappa shape index (κ1) is 13.6. The number of nitrogens with two attached hydrogens (primary N) is 1. The molecule has 0 heterocycles. The van der Waals surface area contributed by atoms with Crippen LogP contribution in [-0.2, 0) is 0 Å². The van der Waals surface area contributed by atoms with Crippen LogP contribution in [0, 0.1) is 24.4 Å². The van der Waals surface area contributed by atoms with Crippen LogP contribution in [0.4, 0.5) is 13.2 Å². The number of hydrogen-bond acceptors (Lipinski definition) is 2. The Morgan fingerprint density at radius 1 is 0.947 bits per heavy atom. The SMILES string of the molecule is Cc1cc(F)ccc1C(NN)c1cc(F)cc(F)c1. The second kappa shape index (κ2) is 5.42. The van der Waals surface area contributed by atoms with Crippen molar-refractivity contribution >= 4 is 0 Å². The highest BCUT2D eigenvalue weighted by molar-refractivity contribution is 5.37. The Balaban J connectivity index is 2.49. The number of hydrogen-bond donors (Lipinski definition) is 2. The van der Waals surface area contributed by atoms with Gasteiger partial charge >= 0.3 is 0 Å². The second-order valence-electron chi connectivity index (χ2n) is 4.30. The monoisotopic (exact) mass is 266 g/mol. The smallest absolute Gasteiger partial charge is 0.126 e. The molecule has 0 amide bonds. The van der Waals surface area contributed by atoms with Gasteiger partial charge in [-0.15, -0.1) is 0 Å². The third-order valence-electron chi connectivity index (χ3n) is 2.93. The zero-order chi connectivity index (χ0) is 14.0. The number of nitrogens with one attached hydrogen (secondary N) is 1. The van der Waals surface area contributed by atoms with E-state index in [9.17, 15) is 13.2 Å². The average molecular weight is 266 g/mol. The van der Waals surface area contributed by atoms with Crippen molar-refractivity contribution in [2.24, 2.45) is 5.84 Å². The molecule has 0 fully saturated rings. The van der Waals surface area contributed by atoms with Crippen molar-refractivity contribution in [3.05, 3.63) is 70.5 Å². The molecule has 19 heavy (non-hydrogen) atoms. The maximum atomic E-state index is 13.2. The van der Waals surface area contributed by atoms with Gasteiger partial charge in [-0.25, -0.2) is 18.6 Å². The molecule has 2 aromatic rings. The summed E-state index contributed by atoms with van der Waals surface area (Å²) >= 11 is 0. The second-order valence-corrected chi connectivity index (χ2v) is 4.30. The van der Waals surface area contributed by atoms with Crippen molar-refractivity contribution in [2.45, 2.75) is 13.0 Å². The van der Waals surface area contributed by atoms with E-state index < -0.39 is 17.7 Å². The average Bonchev–Trinajstić information content (AvgIpc) is 2.31. The molecule has 0 aliphatic rings. The van der Waals surface area contributed by atoms with Gasteiger partial charge in [0.2, 0.25) is 0 Å². The molecule has 0 saturated carbocycles. The molecule has 1 atom stereocenters. The zero-order valence-corrected chi connectivity index (χ0v) is 10.3. The Bertz CT molecular complexity index is 579. The van der Waals surface area contributed by atoms with Crippen LogP contribution in [0.2, 0.25) is 0 Å². The van der Waals surface area contributed by atoms with Crippen LogP contribution >= 0.6 is 0 Å². The third kappa shape index (κ3) is 2.94. The van der Waals surface area contributed by atoms with E-state index in [1.165, 1.54) is 30.3 Å². The van der Waals surface area contributed by atoms with Crippen LogP contribution in [-0.4, -0.2) is 0 Å². The first-order valence-electron chi connectivity index (χ1n) is 5.69. The lowest BCUT2D eigenvalue weighted by molar-refractivity contribution is 0.564. The minimum absolute atomic E-state index is 0.342. The largest absolute Gasteiger partial charge is 0.271 e. The predicted molar refractivity (Wildman–Crippen MR) is 66.7 cm³/mol. The predicted octanol–water partition coefficient (Wildman–Crippen LogP) is 2.97. The normalized spacial score (nSPS) is 12.5. The van der Waals surface area contributed by atoms with E-state index >= 15 is 0 Å². The third-order valence-corrected chi connectivity index (χ3v) is 2.93. The van der Waals surface area contributed by atoms with Gasteiger partial charge in [0, 0.05) is 6.07 Å². The van der Waals surface area contributed by atoms with Gasteiger partial charge in [0.15, 0.2) is 0 Å². The molecule has 0 spiro atoms. The molecule has 5 heteroatoms. The highest BCUT2D eigenvalue weighted by atomic mass is 19.1. The Labute approximate surface area is 109 Å².